The van der Waals surface area contributed by atoms with E-state index in [0.717, 1.165) is 66.2 Å². The summed E-state index contributed by atoms with van der Waals surface area (Å²) < 4.78 is 96.8. The van der Waals surface area contributed by atoms with Gasteiger partial charge in [-0.2, -0.15) is 31.6 Å². The number of benzene rings is 9. The van der Waals surface area contributed by atoms with Crippen LogP contribution in [0.2, 0.25) is 0 Å². The highest BCUT2D eigenvalue weighted by atomic mass is 32.1. The first-order valence-electron chi connectivity index (χ1n) is 21.7. The molecule has 11 heteroatoms. The molecule has 13 aromatic rings. The first kappa shape index (κ1) is 40.0. The van der Waals surface area contributed by atoms with Crippen molar-refractivity contribution in [2.24, 2.45) is 0 Å². The highest BCUT2D eigenvalue weighted by molar-refractivity contribution is 7.25. The SMILES string of the molecule is N#Cc1cc(-n2c3ccccc3c3ccc(C(F)(F)F)cc32)c(-c2ccccc2)c(-n2c3ccccc3c3ccc(C(F)(F)F)cc32)c1-n1c2ccccc2c2cc3sc4ccccc4c3cc21. The van der Waals surface area contributed by atoms with Crippen LogP contribution in [0.25, 0.3) is 114 Å². The fourth-order valence-electron chi connectivity index (χ4n) is 10.5. The number of aromatic nitrogens is 3. The fourth-order valence-corrected chi connectivity index (χ4v) is 11.6. The van der Waals surface area contributed by atoms with Crippen LogP contribution in [0.5, 0.6) is 0 Å². The maximum absolute atomic E-state index is 15.0. The molecule has 0 saturated heterocycles. The van der Waals surface area contributed by atoms with Gasteiger partial charge in [-0.3, -0.25) is 0 Å². The van der Waals surface area contributed by atoms with Gasteiger partial charge in [0.1, 0.15) is 6.07 Å². The van der Waals surface area contributed by atoms with Crippen molar-refractivity contribution in [1.29, 1.82) is 5.26 Å². The van der Waals surface area contributed by atoms with Gasteiger partial charge in [-0.1, -0.05) is 115 Å². The standard InChI is InChI=1S/C57H30F6N4S/c58-56(59,60)34-22-24-39-36-14-4-8-18-44(36)65(47(39)27-34)50-26-33(31-64)54(66-46-20-10-6-16-38(46)42-30-52-43(29-49(42)66)41-17-7-11-21-51(41)68-52)55(53(50)32-12-2-1-3-13-32)67-45-19-9-5-15-37(45)40-25-23-35(28-48(40)67)57(61,62)63/h1-30H. The number of fused-ring (bicyclic) bond motifs is 12. The van der Waals surface area contributed by atoms with Crippen molar-refractivity contribution >= 4 is 96.9 Å². The first-order chi connectivity index (χ1) is 33.0. The zero-order chi connectivity index (χ0) is 46.2. The zero-order valence-electron chi connectivity index (χ0n) is 35.3. The van der Waals surface area contributed by atoms with Crippen LogP contribution in [-0.2, 0) is 12.4 Å². The summed E-state index contributed by atoms with van der Waals surface area (Å²) in [6.45, 7) is 0. The molecular weight excluding hydrogens is 887 g/mol. The molecule has 0 aliphatic heterocycles. The average Bonchev–Trinajstić information content (AvgIpc) is 4.08. The summed E-state index contributed by atoms with van der Waals surface area (Å²) in [6.07, 6.45) is -9.39. The van der Waals surface area contributed by atoms with Crippen molar-refractivity contribution in [3.63, 3.8) is 0 Å². The van der Waals surface area contributed by atoms with E-state index in [0.29, 0.717) is 60.8 Å². The lowest BCUT2D eigenvalue weighted by Gasteiger charge is -2.26. The Hall–Kier alpha value is -8.33. The molecule has 4 aromatic heterocycles. The number of halogens is 6. The van der Waals surface area contributed by atoms with Crippen molar-refractivity contribution in [2.75, 3.05) is 0 Å². The van der Waals surface area contributed by atoms with E-state index < -0.39 is 23.5 Å². The third-order valence-corrected chi connectivity index (χ3v) is 14.4. The van der Waals surface area contributed by atoms with E-state index in [1.807, 2.05) is 124 Å². The topological polar surface area (TPSA) is 38.6 Å². The highest BCUT2D eigenvalue weighted by Crippen LogP contribution is 2.49. The smallest absolute Gasteiger partial charge is 0.308 e. The van der Waals surface area contributed by atoms with Crippen LogP contribution < -0.4 is 0 Å². The van der Waals surface area contributed by atoms with Gasteiger partial charge in [0.2, 0.25) is 0 Å². The fraction of sp³-hybridized carbons (Fsp3) is 0.0351. The lowest BCUT2D eigenvalue weighted by Crippen LogP contribution is -2.12. The Morgan fingerprint density at radius 2 is 0.853 bits per heavy atom. The Morgan fingerprint density at radius 1 is 0.382 bits per heavy atom. The maximum atomic E-state index is 15.0. The molecule has 68 heavy (non-hydrogen) atoms. The van der Waals surface area contributed by atoms with Gasteiger partial charge in [0.15, 0.2) is 0 Å². The Balaban J connectivity index is 1.31. The van der Waals surface area contributed by atoms with E-state index in [9.17, 15) is 31.6 Å². The molecule has 4 nitrogen and oxygen atoms in total. The predicted molar refractivity (Wildman–Crippen MR) is 263 cm³/mol. The van der Waals surface area contributed by atoms with E-state index >= 15 is 0 Å². The first-order valence-corrected chi connectivity index (χ1v) is 22.5. The largest absolute Gasteiger partial charge is 0.416 e. The summed E-state index contributed by atoms with van der Waals surface area (Å²) in [7, 11) is 0. The second-order valence-electron chi connectivity index (χ2n) is 17.0. The van der Waals surface area contributed by atoms with Gasteiger partial charge in [0.25, 0.3) is 0 Å². The van der Waals surface area contributed by atoms with Crippen molar-refractivity contribution in [3.8, 4) is 34.3 Å². The minimum absolute atomic E-state index is 0.142. The summed E-state index contributed by atoms with van der Waals surface area (Å²) in [5.41, 5.74) is 3.76. The molecule has 13 rings (SSSR count). The summed E-state index contributed by atoms with van der Waals surface area (Å²) in [5.74, 6) is 0. The highest BCUT2D eigenvalue weighted by Gasteiger charge is 2.35. The van der Waals surface area contributed by atoms with Gasteiger partial charge in [0, 0.05) is 58.1 Å². The quantitative estimate of drug-likeness (QED) is 0.162. The molecule has 0 spiro atoms. The molecule has 0 N–H and O–H groups in total. The summed E-state index contributed by atoms with van der Waals surface area (Å²) in [4.78, 5) is 0. The summed E-state index contributed by atoms with van der Waals surface area (Å²) in [6, 6.07) is 55.9. The Kier molecular flexibility index (Phi) is 8.43. The Labute approximate surface area is 385 Å². The normalized spacial score (nSPS) is 12.5. The van der Waals surface area contributed by atoms with Crippen LogP contribution in [0.3, 0.4) is 0 Å². The number of rotatable bonds is 4. The molecule has 9 aromatic carbocycles. The van der Waals surface area contributed by atoms with Crippen LogP contribution in [0.1, 0.15) is 16.7 Å². The molecule has 0 saturated carbocycles. The van der Waals surface area contributed by atoms with Gasteiger partial charge < -0.3 is 13.7 Å². The lowest BCUT2D eigenvalue weighted by atomic mass is 9.95. The number of alkyl halides is 6. The molecule has 0 atom stereocenters. The minimum atomic E-state index is -4.71. The van der Waals surface area contributed by atoms with Gasteiger partial charge in [-0.25, -0.2) is 0 Å². The molecular formula is C57H30F6N4S. The lowest BCUT2D eigenvalue weighted by molar-refractivity contribution is -0.138. The second kappa shape index (κ2) is 14.3. The average molecular weight is 917 g/mol. The monoisotopic (exact) mass is 916 g/mol. The van der Waals surface area contributed by atoms with Gasteiger partial charge >= 0.3 is 12.4 Å². The Morgan fingerprint density at radius 3 is 1.44 bits per heavy atom. The van der Waals surface area contributed by atoms with E-state index in [2.05, 4.69) is 30.3 Å². The van der Waals surface area contributed by atoms with E-state index in [1.165, 1.54) is 12.1 Å². The Bertz CT molecular complexity index is 4310. The third kappa shape index (κ3) is 5.74. The molecule has 0 radical (unpaired) electrons. The molecule has 0 amide bonds. The van der Waals surface area contributed by atoms with Crippen molar-refractivity contribution < 1.29 is 26.3 Å². The zero-order valence-corrected chi connectivity index (χ0v) is 36.1. The molecule has 0 unspecified atom stereocenters. The van der Waals surface area contributed by atoms with Crippen molar-refractivity contribution in [3.05, 3.63) is 199 Å². The number of nitriles is 1. The van der Waals surface area contributed by atoms with Gasteiger partial charge in [-0.15, -0.1) is 11.3 Å². The van der Waals surface area contributed by atoms with Crippen LogP contribution in [0.4, 0.5) is 26.3 Å². The molecule has 0 bridgehead atoms. The maximum Gasteiger partial charge on any atom is 0.416 e. The van der Waals surface area contributed by atoms with Crippen molar-refractivity contribution in [2.45, 2.75) is 12.4 Å². The van der Waals surface area contributed by atoms with Crippen LogP contribution in [0, 0.1) is 11.3 Å². The number of hydrogen-bond donors (Lipinski definition) is 0. The number of hydrogen-bond acceptors (Lipinski definition) is 2. The number of thiophene rings is 1. The molecule has 0 aliphatic rings. The van der Waals surface area contributed by atoms with E-state index in [-0.39, 0.29) is 16.6 Å². The second-order valence-corrected chi connectivity index (χ2v) is 18.1. The van der Waals surface area contributed by atoms with Crippen LogP contribution >= 0.6 is 11.3 Å². The number of para-hydroxylation sites is 3. The molecule has 326 valence electrons. The van der Waals surface area contributed by atoms with Crippen LogP contribution in [0.15, 0.2) is 182 Å². The van der Waals surface area contributed by atoms with E-state index in [4.69, 9.17) is 0 Å². The molecule has 0 aliphatic carbocycles. The summed E-state index contributed by atoms with van der Waals surface area (Å²) >= 11 is 1.68. The third-order valence-electron chi connectivity index (χ3n) is 13.3. The van der Waals surface area contributed by atoms with Gasteiger partial charge in [0.05, 0.1) is 66.9 Å². The summed E-state index contributed by atoms with van der Waals surface area (Å²) in [5, 5.41) is 18.0. The van der Waals surface area contributed by atoms with Gasteiger partial charge in [-0.05, 0) is 72.3 Å². The minimum Gasteiger partial charge on any atom is -0.308 e. The predicted octanol–water partition coefficient (Wildman–Crippen LogP) is 16.9. The van der Waals surface area contributed by atoms with Crippen molar-refractivity contribution in [1.82, 2.24) is 13.7 Å². The van der Waals surface area contributed by atoms with E-state index in [1.54, 1.807) is 22.0 Å². The molecule has 0 fully saturated rings. The number of nitrogens with zero attached hydrogens (tertiary/aromatic N) is 4. The molecule has 4 heterocycles. The van der Waals surface area contributed by atoms with Crippen LogP contribution in [-0.4, -0.2) is 13.7 Å².